The van der Waals surface area contributed by atoms with E-state index in [2.05, 4.69) is 0 Å². The average molecular weight is 585 g/mol. The number of fused-ring (bicyclic) bond motifs is 1. The van der Waals surface area contributed by atoms with E-state index in [4.69, 9.17) is 33.5 Å². The van der Waals surface area contributed by atoms with E-state index in [1.807, 2.05) is 48.6 Å². The predicted octanol–water partition coefficient (Wildman–Crippen LogP) is 5.71. The van der Waals surface area contributed by atoms with E-state index in [9.17, 15) is 9.59 Å². The number of hydrogen-bond donors (Lipinski definition) is 1. The second-order valence-electron chi connectivity index (χ2n) is 11.5. The van der Waals surface area contributed by atoms with Gasteiger partial charge in [-0.1, -0.05) is 42.5 Å². The number of carbonyl (C=O) groups is 2. The molecule has 1 aromatic carbocycles. The van der Waals surface area contributed by atoms with Crippen LogP contribution in [0, 0.1) is 11.8 Å². The van der Waals surface area contributed by atoms with Crippen LogP contribution in [0.25, 0.3) is 0 Å². The Morgan fingerprint density at radius 3 is 2.57 bits per heavy atom. The third-order valence-corrected chi connectivity index (χ3v) is 8.35. The van der Waals surface area contributed by atoms with Gasteiger partial charge in [0.15, 0.2) is 12.6 Å². The Bertz CT molecular complexity index is 1070. The summed E-state index contributed by atoms with van der Waals surface area (Å²) in [6.07, 6.45) is 13.8. The molecule has 9 heteroatoms. The largest absolute Gasteiger partial charge is 0.481 e. The first-order valence-corrected chi connectivity index (χ1v) is 15.5. The van der Waals surface area contributed by atoms with Crippen LogP contribution in [0.1, 0.15) is 76.2 Å². The lowest BCUT2D eigenvalue weighted by molar-refractivity contribution is -0.236. The number of rotatable bonds is 13. The lowest BCUT2D eigenvalue weighted by Crippen LogP contribution is -2.41. The van der Waals surface area contributed by atoms with Crippen molar-refractivity contribution in [3.8, 4) is 5.75 Å². The summed E-state index contributed by atoms with van der Waals surface area (Å²) in [6, 6.07) is 7.83. The second-order valence-corrected chi connectivity index (χ2v) is 11.5. The van der Waals surface area contributed by atoms with Crippen molar-refractivity contribution < 1.29 is 43.1 Å². The first-order valence-electron chi connectivity index (χ1n) is 15.5. The molecule has 3 unspecified atom stereocenters. The van der Waals surface area contributed by atoms with Gasteiger partial charge in [-0.15, -0.1) is 0 Å². The molecule has 0 bridgehead atoms. The molecule has 4 aliphatic rings. The van der Waals surface area contributed by atoms with Crippen LogP contribution in [-0.4, -0.2) is 61.2 Å². The van der Waals surface area contributed by atoms with E-state index < -0.39 is 18.4 Å². The number of carboxylic acids is 1. The van der Waals surface area contributed by atoms with Crippen molar-refractivity contribution >= 4 is 11.8 Å². The number of carboxylic acid groups (broad SMARTS) is 1. The Kier molecular flexibility index (Phi) is 11.6. The fourth-order valence-electron chi connectivity index (χ4n) is 6.05. The lowest BCUT2D eigenvalue weighted by atomic mass is 9.90. The monoisotopic (exact) mass is 584 g/mol. The zero-order chi connectivity index (χ0) is 29.1. The summed E-state index contributed by atoms with van der Waals surface area (Å²) in [5.74, 6) is -0.299. The number of carbonyl (C=O) groups excluding carboxylic acids is 1. The summed E-state index contributed by atoms with van der Waals surface area (Å²) in [6.45, 7) is 1.75. The van der Waals surface area contributed by atoms with Gasteiger partial charge in [-0.2, -0.15) is 0 Å². The molecule has 3 heterocycles. The maximum Gasteiger partial charge on any atom is 0.303 e. The average Bonchev–Trinajstić information content (AvgIpc) is 3.30. The van der Waals surface area contributed by atoms with Crippen LogP contribution < -0.4 is 4.74 Å². The van der Waals surface area contributed by atoms with Gasteiger partial charge in [0.2, 0.25) is 6.29 Å². The Balaban J connectivity index is 1.32. The van der Waals surface area contributed by atoms with E-state index in [1.165, 1.54) is 0 Å². The van der Waals surface area contributed by atoms with Crippen molar-refractivity contribution in [1.29, 1.82) is 0 Å². The zero-order valence-electron chi connectivity index (χ0n) is 24.3. The molecule has 1 N–H and O–H groups in total. The van der Waals surface area contributed by atoms with Crippen molar-refractivity contribution in [2.45, 2.75) is 108 Å². The van der Waals surface area contributed by atoms with Crippen LogP contribution in [-0.2, 0) is 39.9 Å². The molecular formula is C33H44O9. The Morgan fingerprint density at radius 2 is 1.81 bits per heavy atom. The number of ketones is 1. The van der Waals surface area contributed by atoms with Gasteiger partial charge in [0, 0.05) is 43.5 Å². The molecule has 7 atom stereocenters. The van der Waals surface area contributed by atoms with Gasteiger partial charge in [0.1, 0.15) is 17.6 Å². The maximum absolute atomic E-state index is 13.3. The summed E-state index contributed by atoms with van der Waals surface area (Å²) in [7, 11) is 0. The SMILES string of the molecule is O=C(O)CCC/C=C\C[C@H]1C(=O)C[C@@H](OC2CCCCO2)[C@@H]1/C=C/[C@H](OC1CCCCO1)C1OCc2ccccc2O1. The minimum atomic E-state index is -0.797. The third-order valence-electron chi connectivity index (χ3n) is 8.35. The van der Waals surface area contributed by atoms with Crippen LogP contribution in [0.2, 0.25) is 0 Å². The number of unbranched alkanes of at least 4 members (excludes halogenated alkanes) is 1. The molecule has 5 rings (SSSR count). The summed E-state index contributed by atoms with van der Waals surface area (Å²) in [4.78, 5) is 24.1. The summed E-state index contributed by atoms with van der Waals surface area (Å²) >= 11 is 0. The van der Waals surface area contributed by atoms with Crippen LogP contribution >= 0.6 is 0 Å². The predicted molar refractivity (Wildman–Crippen MR) is 154 cm³/mol. The maximum atomic E-state index is 13.3. The molecule has 3 aliphatic heterocycles. The molecule has 42 heavy (non-hydrogen) atoms. The van der Waals surface area contributed by atoms with Crippen LogP contribution in [0.15, 0.2) is 48.6 Å². The van der Waals surface area contributed by atoms with E-state index in [-0.39, 0.29) is 42.7 Å². The normalized spacial score (nSPS) is 30.8. The van der Waals surface area contributed by atoms with Gasteiger partial charge in [-0.3, -0.25) is 9.59 Å². The highest BCUT2D eigenvalue weighted by Gasteiger charge is 2.43. The van der Waals surface area contributed by atoms with E-state index >= 15 is 0 Å². The van der Waals surface area contributed by atoms with Gasteiger partial charge < -0.3 is 33.5 Å². The van der Waals surface area contributed by atoms with Crippen LogP contribution in [0.4, 0.5) is 0 Å². The van der Waals surface area contributed by atoms with Crippen molar-refractivity contribution in [3.05, 3.63) is 54.1 Å². The Labute approximate surface area is 248 Å². The molecule has 0 aromatic heterocycles. The van der Waals surface area contributed by atoms with Crippen molar-refractivity contribution in [3.63, 3.8) is 0 Å². The molecule has 0 amide bonds. The topological polar surface area (TPSA) is 110 Å². The first-order chi connectivity index (χ1) is 20.6. The van der Waals surface area contributed by atoms with Crippen molar-refractivity contribution in [1.82, 2.24) is 0 Å². The number of allylic oxidation sites excluding steroid dienone is 2. The molecule has 1 aromatic rings. The fourth-order valence-corrected chi connectivity index (χ4v) is 6.05. The summed E-state index contributed by atoms with van der Waals surface area (Å²) in [5.41, 5.74) is 0.989. The minimum Gasteiger partial charge on any atom is -0.481 e. The highest BCUT2D eigenvalue weighted by molar-refractivity contribution is 5.85. The zero-order valence-corrected chi connectivity index (χ0v) is 24.3. The summed E-state index contributed by atoms with van der Waals surface area (Å²) < 4.78 is 36.9. The lowest BCUT2D eigenvalue weighted by Gasteiger charge is -2.34. The number of aliphatic carboxylic acids is 1. The molecule has 230 valence electrons. The number of ether oxygens (including phenoxy) is 6. The molecule has 3 fully saturated rings. The smallest absolute Gasteiger partial charge is 0.303 e. The molecule has 1 aliphatic carbocycles. The third kappa shape index (κ3) is 8.74. The standard InChI is InChI=1S/C33H44O9/c34-26-21-29(41-32-16-8-10-20-38-32)25(24(26)12-3-1-2-4-14-30(35)36)17-18-28(40-31-15-7-9-19-37-31)33-39-22-23-11-5-6-13-27(23)42-33/h1,3,5-6,11,13,17-18,24-25,28-29,31-33H,2,4,7-10,12,14-16,19-22H2,(H,35,36)/b3-1-,18-17+/t24-,25-,28+,29-,31?,32?,33?/m1/s1. The number of Topliss-reactive ketones (excluding diaryl/α,β-unsaturated/α-hetero) is 1. The van der Waals surface area contributed by atoms with Crippen molar-refractivity contribution in [2.24, 2.45) is 11.8 Å². The van der Waals surface area contributed by atoms with Crippen LogP contribution in [0.3, 0.4) is 0 Å². The van der Waals surface area contributed by atoms with E-state index in [1.54, 1.807) is 0 Å². The molecule has 2 saturated heterocycles. The molecule has 9 nitrogen and oxygen atoms in total. The van der Waals surface area contributed by atoms with E-state index in [0.717, 1.165) is 49.8 Å². The Hall–Kier alpha value is -2.56. The Morgan fingerprint density at radius 1 is 1.02 bits per heavy atom. The quantitative estimate of drug-likeness (QED) is 0.230. The summed E-state index contributed by atoms with van der Waals surface area (Å²) in [5, 5.41) is 8.89. The number of hydrogen-bond acceptors (Lipinski definition) is 8. The van der Waals surface area contributed by atoms with Crippen molar-refractivity contribution in [2.75, 3.05) is 13.2 Å². The fraction of sp³-hybridized carbons (Fsp3) is 0.636. The van der Waals surface area contributed by atoms with Gasteiger partial charge in [0.25, 0.3) is 0 Å². The molecule has 0 spiro atoms. The van der Waals surface area contributed by atoms with Gasteiger partial charge in [-0.05, 0) is 63.9 Å². The highest BCUT2D eigenvalue weighted by atomic mass is 16.7. The van der Waals surface area contributed by atoms with Gasteiger partial charge >= 0.3 is 5.97 Å². The van der Waals surface area contributed by atoms with Crippen LogP contribution in [0.5, 0.6) is 5.75 Å². The number of benzene rings is 1. The molecule has 1 saturated carbocycles. The van der Waals surface area contributed by atoms with Gasteiger partial charge in [0.05, 0.1) is 12.7 Å². The first kappa shape index (κ1) is 30.9. The van der Waals surface area contributed by atoms with Gasteiger partial charge in [-0.25, -0.2) is 0 Å². The molecular weight excluding hydrogens is 540 g/mol. The number of para-hydroxylation sites is 1. The second kappa shape index (κ2) is 15.8. The highest BCUT2D eigenvalue weighted by Crippen LogP contribution is 2.38. The van der Waals surface area contributed by atoms with E-state index in [0.29, 0.717) is 45.5 Å². The minimum absolute atomic E-state index is 0.136. The molecule has 0 radical (unpaired) electrons.